The quantitative estimate of drug-likeness (QED) is 0.925. The van der Waals surface area contributed by atoms with Crippen molar-refractivity contribution in [1.82, 2.24) is 3.97 Å². The number of rotatable bonds is 2. The van der Waals surface area contributed by atoms with Crippen LogP contribution in [-0.4, -0.2) is 17.5 Å². The van der Waals surface area contributed by atoms with E-state index in [2.05, 4.69) is 15.9 Å². The summed E-state index contributed by atoms with van der Waals surface area (Å²) in [4.78, 5) is 0.173. The molecule has 0 bridgehead atoms. The molecule has 2 aromatic rings. The zero-order valence-corrected chi connectivity index (χ0v) is 10.4. The highest BCUT2D eigenvalue weighted by Crippen LogP contribution is 2.19. The first-order chi connectivity index (χ1) is 7.50. The van der Waals surface area contributed by atoms with Crippen molar-refractivity contribution in [2.75, 3.05) is 0 Å². The van der Waals surface area contributed by atoms with Crippen LogP contribution in [0.3, 0.4) is 0 Å². The molecule has 0 amide bonds. The van der Waals surface area contributed by atoms with E-state index in [1.807, 2.05) is 0 Å². The number of nitrogens with zero attached hydrogens (tertiary/aromatic N) is 1. The SMILES string of the molecule is O=S(=O)(c1ccc(Br)cc1)n1ccc(O)c1. The predicted molar refractivity (Wildman–Crippen MR) is 62.8 cm³/mol. The third kappa shape index (κ3) is 1.98. The van der Waals surface area contributed by atoms with Gasteiger partial charge in [-0.15, -0.1) is 0 Å². The Morgan fingerprint density at radius 2 is 1.75 bits per heavy atom. The van der Waals surface area contributed by atoms with E-state index >= 15 is 0 Å². The standard InChI is InChI=1S/C10H8BrNO3S/c11-8-1-3-10(4-2-8)16(14,15)12-6-5-9(13)7-12/h1-7,13H. The first-order valence-corrected chi connectivity index (χ1v) is 6.61. The minimum Gasteiger partial charge on any atom is -0.506 e. The lowest BCUT2D eigenvalue weighted by molar-refractivity contribution is 0.475. The van der Waals surface area contributed by atoms with Crippen molar-refractivity contribution in [2.24, 2.45) is 0 Å². The average molecular weight is 302 g/mol. The van der Waals surface area contributed by atoms with Crippen molar-refractivity contribution in [1.29, 1.82) is 0 Å². The minimum absolute atomic E-state index is 0.0827. The molecule has 0 aliphatic heterocycles. The van der Waals surface area contributed by atoms with Gasteiger partial charge in [0.05, 0.1) is 11.1 Å². The third-order valence-corrected chi connectivity index (χ3v) is 4.22. The largest absolute Gasteiger partial charge is 0.506 e. The van der Waals surface area contributed by atoms with Crippen LogP contribution in [0.25, 0.3) is 0 Å². The Morgan fingerprint density at radius 1 is 1.12 bits per heavy atom. The normalized spacial score (nSPS) is 11.6. The highest BCUT2D eigenvalue weighted by molar-refractivity contribution is 9.10. The molecule has 6 heteroatoms. The molecule has 16 heavy (non-hydrogen) atoms. The maximum atomic E-state index is 12.0. The summed E-state index contributed by atoms with van der Waals surface area (Å²) < 4.78 is 25.8. The molecule has 1 aromatic heterocycles. The Balaban J connectivity index is 2.51. The highest BCUT2D eigenvalue weighted by Gasteiger charge is 2.16. The molecule has 0 aliphatic carbocycles. The first kappa shape index (κ1) is 11.2. The van der Waals surface area contributed by atoms with Crippen LogP contribution in [0.5, 0.6) is 5.75 Å². The molecule has 4 nitrogen and oxygen atoms in total. The molecule has 84 valence electrons. The van der Waals surface area contributed by atoms with Gasteiger partial charge in [-0.2, -0.15) is 0 Å². The second kappa shape index (κ2) is 3.95. The van der Waals surface area contributed by atoms with Gasteiger partial charge in [0.1, 0.15) is 5.75 Å². The van der Waals surface area contributed by atoms with E-state index in [9.17, 15) is 8.42 Å². The van der Waals surface area contributed by atoms with Gasteiger partial charge in [0.2, 0.25) is 0 Å². The third-order valence-electron chi connectivity index (χ3n) is 2.04. The molecular weight excluding hydrogens is 294 g/mol. The second-order valence-electron chi connectivity index (χ2n) is 3.16. The zero-order valence-electron chi connectivity index (χ0n) is 8.04. The summed E-state index contributed by atoms with van der Waals surface area (Å²) in [5.74, 6) is -0.0827. The predicted octanol–water partition coefficient (Wildman–Crippen LogP) is 2.19. The van der Waals surface area contributed by atoms with Crippen LogP contribution in [0, 0.1) is 0 Å². The number of hydrogen-bond donors (Lipinski definition) is 1. The van der Waals surface area contributed by atoms with E-state index in [-0.39, 0.29) is 10.6 Å². The van der Waals surface area contributed by atoms with Gasteiger partial charge in [-0.05, 0) is 30.3 Å². The van der Waals surface area contributed by atoms with E-state index in [1.165, 1.54) is 24.4 Å². The molecule has 0 atom stereocenters. The van der Waals surface area contributed by atoms with Crippen LogP contribution in [0.15, 0.2) is 52.1 Å². The fourth-order valence-corrected chi connectivity index (χ4v) is 2.70. The Kier molecular flexibility index (Phi) is 2.77. The number of aromatic nitrogens is 1. The van der Waals surface area contributed by atoms with Crippen LogP contribution in [0.2, 0.25) is 0 Å². The summed E-state index contributed by atoms with van der Waals surface area (Å²) in [7, 11) is -3.60. The van der Waals surface area contributed by atoms with Gasteiger partial charge in [-0.1, -0.05) is 15.9 Å². The molecule has 0 spiro atoms. The van der Waals surface area contributed by atoms with E-state index in [4.69, 9.17) is 5.11 Å². The van der Waals surface area contributed by atoms with Gasteiger partial charge < -0.3 is 5.11 Å². The summed E-state index contributed by atoms with van der Waals surface area (Å²) in [5, 5.41) is 9.11. The van der Waals surface area contributed by atoms with Gasteiger partial charge >= 0.3 is 0 Å². The van der Waals surface area contributed by atoms with Gasteiger partial charge in [-0.25, -0.2) is 12.4 Å². The number of halogens is 1. The van der Waals surface area contributed by atoms with Crippen LogP contribution < -0.4 is 0 Å². The van der Waals surface area contributed by atoms with Crippen molar-refractivity contribution in [3.8, 4) is 5.75 Å². The molecule has 0 saturated carbocycles. The van der Waals surface area contributed by atoms with Crippen LogP contribution >= 0.6 is 15.9 Å². The van der Waals surface area contributed by atoms with Gasteiger partial charge in [-0.3, -0.25) is 0 Å². The second-order valence-corrected chi connectivity index (χ2v) is 5.92. The summed E-state index contributed by atoms with van der Waals surface area (Å²) in [6, 6.07) is 7.61. The van der Waals surface area contributed by atoms with Crippen molar-refractivity contribution in [3.05, 3.63) is 47.2 Å². The maximum Gasteiger partial charge on any atom is 0.267 e. The minimum atomic E-state index is -3.60. The van der Waals surface area contributed by atoms with Crippen molar-refractivity contribution in [2.45, 2.75) is 4.90 Å². The van der Waals surface area contributed by atoms with Crippen LogP contribution in [-0.2, 0) is 10.0 Å². The van der Waals surface area contributed by atoms with E-state index < -0.39 is 10.0 Å². The van der Waals surface area contributed by atoms with E-state index in [1.54, 1.807) is 12.1 Å². The van der Waals surface area contributed by atoms with Crippen LogP contribution in [0.4, 0.5) is 0 Å². The lowest BCUT2D eigenvalue weighted by Gasteiger charge is -2.04. The topological polar surface area (TPSA) is 59.3 Å². The molecule has 1 heterocycles. The maximum absolute atomic E-state index is 12.0. The van der Waals surface area contributed by atoms with Crippen molar-refractivity contribution < 1.29 is 13.5 Å². The molecule has 1 N–H and O–H groups in total. The molecule has 0 saturated heterocycles. The summed E-state index contributed by atoms with van der Waals surface area (Å²) >= 11 is 3.23. The Morgan fingerprint density at radius 3 is 2.25 bits per heavy atom. The zero-order chi connectivity index (χ0) is 11.8. The Hall–Kier alpha value is -1.27. The van der Waals surface area contributed by atoms with Gasteiger partial charge in [0.25, 0.3) is 10.0 Å². The number of aromatic hydroxyl groups is 1. The summed E-state index contributed by atoms with van der Waals surface area (Å²) in [6.45, 7) is 0. The van der Waals surface area contributed by atoms with Gasteiger partial charge in [0.15, 0.2) is 0 Å². The lowest BCUT2D eigenvalue weighted by atomic mass is 10.4. The van der Waals surface area contributed by atoms with Crippen molar-refractivity contribution >= 4 is 26.0 Å². The molecule has 0 fully saturated rings. The fraction of sp³-hybridized carbons (Fsp3) is 0. The van der Waals surface area contributed by atoms with E-state index in [0.29, 0.717) is 0 Å². The molecule has 2 rings (SSSR count). The monoisotopic (exact) mass is 301 g/mol. The summed E-state index contributed by atoms with van der Waals surface area (Å²) in [6.07, 6.45) is 2.45. The smallest absolute Gasteiger partial charge is 0.267 e. The first-order valence-electron chi connectivity index (χ1n) is 4.38. The lowest BCUT2D eigenvalue weighted by Crippen LogP contribution is -2.10. The molecular formula is C10H8BrNO3S. The molecule has 0 unspecified atom stereocenters. The highest BCUT2D eigenvalue weighted by atomic mass is 79.9. The Bertz CT molecular complexity index is 601. The summed E-state index contributed by atoms with van der Waals surface area (Å²) in [5.41, 5.74) is 0. The van der Waals surface area contributed by atoms with E-state index in [0.717, 1.165) is 14.6 Å². The fourth-order valence-electron chi connectivity index (χ4n) is 1.24. The number of benzene rings is 1. The molecule has 0 aliphatic rings. The molecule has 1 aromatic carbocycles. The average Bonchev–Trinajstić information content (AvgIpc) is 2.66. The Labute approximate surface area is 101 Å². The van der Waals surface area contributed by atoms with Crippen molar-refractivity contribution in [3.63, 3.8) is 0 Å². The number of hydrogen-bond acceptors (Lipinski definition) is 3. The van der Waals surface area contributed by atoms with Gasteiger partial charge in [0, 0.05) is 10.7 Å². The van der Waals surface area contributed by atoms with Crippen LogP contribution in [0.1, 0.15) is 0 Å². The molecule has 0 radical (unpaired) electrons.